The van der Waals surface area contributed by atoms with Gasteiger partial charge in [0.1, 0.15) is 23.1 Å². The first kappa shape index (κ1) is 16.5. The molecule has 0 atom stereocenters. The van der Waals surface area contributed by atoms with E-state index in [0.717, 1.165) is 11.8 Å². The Morgan fingerprint density at radius 1 is 1.24 bits per heavy atom. The van der Waals surface area contributed by atoms with Gasteiger partial charge in [-0.1, -0.05) is 0 Å². The lowest BCUT2D eigenvalue weighted by molar-refractivity contribution is 0.0595. The molecule has 0 unspecified atom stereocenters. The molecule has 0 saturated carbocycles. The summed E-state index contributed by atoms with van der Waals surface area (Å²) >= 11 is 0. The van der Waals surface area contributed by atoms with Crippen LogP contribution in [0, 0.1) is 5.82 Å². The van der Waals surface area contributed by atoms with Crippen molar-refractivity contribution in [3.8, 4) is 11.5 Å². The van der Waals surface area contributed by atoms with Crippen LogP contribution in [-0.2, 0) is 11.8 Å². The van der Waals surface area contributed by atoms with Gasteiger partial charge in [0.2, 0.25) is 0 Å². The van der Waals surface area contributed by atoms with E-state index in [9.17, 15) is 9.18 Å². The lowest BCUT2D eigenvalue weighted by Gasteiger charge is -2.09. The van der Waals surface area contributed by atoms with Crippen molar-refractivity contribution in [3.63, 3.8) is 0 Å². The van der Waals surface area contributed by atoms with E-state index in [1.165, 1.54) is 19.2 Å². The highest BCUT2D eigenvalue weighted by atomic mass is 19.1. The Morgan fingerprint density at radius 3 is 2.76 bits per heavy atom. The van der Waals surface area contributed by atoms with Gasteiger partial charge in [-0.3, -0.25) is 0 Å². The molecule has 0 radical (unpaired) electrons. The number of halogens is 1. The highest BCUT2D eigenvalue weighted by molar-refractivity contribution is 5.90. The normalized spacial score (nSPS) is 10.4. The molecule has 2 heterocycles. The number of esters is 1. The first-order chi connectivity index (χ1) is 12.0. The summed E-state index contributed by atoms with van der Waals surface area (Å²) in [5, 5.41) is 3.15. The number of benzene rings is 1. The number of nitrogens with one attached hydrogen (secondary N) is 1. The van der Waals surface area contributed by atoms with Crippen molar-refractivity contribution in [3.05, 3.63) is 66.4 Å². The van der Waals surface area contributed by atoms with Gasteiger partial charge in [0, 0.05) is 33.1 Å². The van der Waals surface area contributed by atoms with Crippen LogP contribution in [0.5, 0.6) is 11.5 Å². The molecule has 2 aromatic heterocycles. The average molecular weight is 343 g/mol. The molecular weight excluding hydrogens is 325 g/mol. The molecule has 0 amide bonds. The summed E-state index contributed by atoms with van der Waals surface area (Å²) in [6, 6.07) is 9.17. The molecule has 6 nitrogen and oxygen atoms in total. The quantitative estimate of drug-likeness (QED) is 0.706. The van der Waals surface area contributed by atoms with Crippen LogP contribution < -0.4 is 10.1 Å². The Morgan fingerprint density at radius 2 is 2.04 bits per heavy atom. The van der Waals surface area contributed by atoms with Crippen LogP contribution in [0.25, 0.3) is 0 Å². The fraction of sp³-hybridized carbons (Fsp3) is 0.111. The van der Waals surface area contributed by atoms with Gasteiger partial charge in [0.25, 0.3) is 0 Å². The van der Waals surface area contributed by atoms with Crippen LogP contribution >= 0.6 is 0 Å². The van der Waals surface area contributed by atoms with Crippen molar-refractivity contribution < 1.29 is 20.1 Å². The Kier molecular flexibility index (Phi) is 4.65. The highest BCUT2D eigenvalue weighted by Crippen LogP contribution is 2.26. The largest absolute Gasteiger partial charge is 0.465 e. The number of hydrogen-bond donors (Lipinski definition) is 1. The molecule has 25 heavy (non-hydrogen) atoms. The minimum Gasteiger partial charge on any atom is -0.465 e. The Hall–Kier alpha value is -3.35. The third-order valence-electron chi connectivity index (χ3n) is 3.41. The second-order valence-corrected chi connectivity index (χ2v) is 5.30. The molecule has 0 saturated heterocycles. The summed E-state index contributed by atoms with van der Waals surface area (Å²) in [5.41, 5.74) is 0.707. The third-order valence-corrected chi connectivity index (χ3v) is 3.41. The van der Waals surface area contributed by atoms with Gasteiger partial charge < -0.3 is 19.4 Å². The van der Waals surface area contributed by atoms with Crippen molar-refractivity contribution in [1.29, 1.82) is 0 Å². The lowest BCUT2D eigenvalue weighted by Crippen LogP contribution is -2.04. The van der Waals surface area contributed by atoms with Crippen molar-refractivity contribution in [2.75, 3.05) is 12.4 Å². The second kappa shape index (κ2) is 7.04. The minimum atomic E-state index is -0.760. The predicted molar refractivity (Wildman–Crippen MR) is 92.9 cm³/mol. The van der Waals surface area contributed by atoms with Gasteiger partial charge in [0.05, 0.1) is 18.4 Å². The molecule has 3 aromatic rings. The highest BCUT2D eigenvalue weighted by Gasteiger charge is 2.13. The summed E-state index contributed by atoms with van der Waals surface area (Å²) in [7, 11) is 3.12. The summed E-state index contributed by atoms with van der Waals surface area (Å²) in [6.45, 7) is 0. The number of hydrogen-bond acceptors (Lipinski definition) is 5. The van der Waals surface area contributed by atoms with Gasteiger partial charge in [-0.05, 0) is 30.3 Å². The fourth-order valence-corrected chi connectivity index (χ4v) is 2.24. The van der Waals surface area contributed by atoms with Crippen LogP contribution in [0.2, 0.25) is 0 Å². The maximum Gasteiger partial charge on any atom is 0.340 e. The molecule has 130 valence electrons. The van der Waals surface area contributed by atoms with Crippen LogP contribution in [0.1, 0.15) is 11.8 Å². The van der Waals surface area contributed by atoms with E-state index in [4.69, 9.17) is 4.74 Å². The molecule has 0 aliphatic heterocycles. The number of carbonyl (C=O) groups is 1. The van der Waals surface area contributed by atoms with E-state index in [0.29, 0.717) is 17.3 Å². The van der Waals surface area contributed by atoms with E-state index in [2.05, 4.69) is 15.0 Å². The zero-order chi connectivity index (χ0) is 17.8. The zero-order valence-electron chi connectivity index (χ0n) is 13.7. The Balaban J connectivity index is 0.00000243. The summed E-state index contributed by atoms with van der Waals surface area (Å²) in [4.78, 5) is 15.8. The van der Waals surface area contributed by atoms with Crippen LogP contribution in [0.3, 0.4) is 0 Å². The number of rotatable bonds is 5. The van der Waals surface area contributed by atoms with Gasteiger partial charge in [0.15, 0.2) is 0 Å². The number of anilines is 2. The Bertz CT molecular complexity index is 914. The standard InChI is InChI=1S/C18H16FN3O3.H2/c1-22-8-6-12(11-22)21-17-10-14(5-7-20-17)25-13-3-4-16(19)15(9-13)18(23)24-2;/h3-11H,1-2H3,(H,20,21);1H. The maximum absolute atomic E-state index is 13.7. The minimum absolute atomic E-state index is 0. The zero-order valence-corrected chi connectivity index (χ0v) is 13.7. The maximum atomic E-state index is 13.7. The van der Waals surface area contributed by atoms with E-state index in [1.807, 2.05) is 30.1 Å². The molecule has 1 aromatic carbocycles. The summed E-state index contributed by atoms with van der Waals surface area (Å²) in [5.74, 6) is -0.0157. The van der Waals surface area contributed by atoms with Gasteiger partial charge in [-0.15, -0.1) is 0 Å². The monoisotopic (exact) mass is 343 g/mol. The second-order valence-electron chi connectivity index (χ2n) is 5.30. The molecule has 0 fully saturated rings. The molecule has 0 aliphatic carbocycles. The summed E-state index contributed by atoms with van der Waals surface area (Å²) < 4.78 is 25.8. The van der Waals surface area contributed by atoms with E-state index in [-0.39, 0.29) is 6.99 Å². The topological polar surface area (TPSA) is 65.4 Å². The SMILES string of the molecule is COC(=O)c1cc(Oc2ccnc(Nc3ccn(C)c3)c2)ccc1F.[HH]. The Labute approximate surface area is 145 Å². The predicted octanol–water partition coefficient (Wildman–Crippen LogP) is 4.13. The van der Waals surface area contributed by atoms with E-state index in [1.54, 1.807) is 18.3 Å². The van der Waals surface area contributed by atoms with Crippen LogP contribution in [0.4, 0.5) is 15.9 Å². The van der Waals surface area contributed by atoms with Crippen LogP contribution in [-0.4, -0.2) is 22.6 Å². The number of methoxy groups -OCH3 is 1. The first-order valence-electron chi connectivity index (χ1n) is 7.46. The number of aryl methyl sites for hydroxylation is 1. The number of ether oxygens (including phenoxy) is 2. The van der Waals surface area contributed by atoms with E-state index < -0.39 is 11.8 Å². The van der Waals surface area contributed by atoms with Crippen molar-refractivity contribution >= 4 is 17.5 Å². The fourth-order valence-electron chi connectivity index (χ4n) is 2.24. The molecule has 3 rings (SSSR count). The van der Waals surface area contributed by atoms with Crippen LogP contribution in [0.15, 0.2) is 55.0 Å². The number of aromatic nitrogens is 2. The number of carbonyl (C=O) groups excluding carboxylic acids is 1. The smallest absolute Gasteiger partial charge is 0.340 e. The molecule has 1 N–H and O–H groups in total. The first-order valence-corrected chi connectivity index (χ1v) is 7.46. The van der Waals surface area contributed by atoms with Crippen molar-refractivity contribution in [2.45, 2.75) is 0 Å². The summed E-state index contributed by atoms with van der Waals surface area (Å²) in [6.07, 6.45) is 5.42. The number of pyridine rings is 1. The van der Waals surface area contributed by atoms with Gasteiger partial charge >= 0.3 is 5.97 Å². The molecule has 7 heteroatoms. The molecular formula is C18H18FN3O3. The lowest BCUT2D eigenvalue weighted by atomic mass is 10.2. The third kappa shape index (κ3) is 3.95. The van der Waals surface area contributed by atoms with Crippen molar-refractivity contribution in [2.24, 2.45) is 7.05 Å². The van der Waals surface area contributed by atoms with Crippen molar-refractivity contribution in [1.82, 2.24) is 9.55 Å². The van der Waals surface area contributed by atoms with Gasteiger partial charge in [-0.25, -0.2) is 14.2 Å². The van der Waals surface area contributed by atoms with Gasteiger partial charge in [-0.2, -0.15) is 0 Å². The molecule has 0 bridgehead atoms. The molecule has 0 aliphatic rings. The number of nitrogens with zero attached hydrogens (tertiary/aromatic N) is 2. The van der Waals surface area contributed by atoms with E-state index >= 15 is 0 Å². The molecule has 0 spiro atoms. The average Bonchev–Trinajstić information content (AvgIpc) is 3.01.